The quantitative estimate of drug-likeness (QED) is 0.379. The fourth-order valence-electron chi connectivity index (χ4n) is 1.46. The van der Waals surface area contributed by atoms with E-state index in [1.165, 1.54) is 0 Å². The smallest absolute Gasteiger partial charge is 0.0848 e. The van der Waals surface area contributed by atoms with Crippen LogP contribution in [0.2, 0.25) is 0 Å². The molecule has 0 aromatic heterocycles. The molecule has 1 aliphatic carbocycles. The van der Waals surface area contributed by atoms with Crippen LogP contribution in [0.1, 0.15) is 6.42 Å². The molecule has 0 unspecified atom stereocenters. The van der Waals surface area contributed by atoms with E-state index in [9.17, 15) is 0 Å². The number of aliphatic hydroxyl groups is 1. The summed E-state index contributed by atoms with van der Waals surface area (Å²) < 4.78 is 0. The lowest BCUT2D eigenvalue weighted by atomic mass is 10.1. The molecule has 1 aliphatic rings. The molecule has 2 atom stereocenters. The van der Waals surface area contributed by atoms with Crippen LogP contribution in [0.3, 0.4) is 0 Å². The molecule has 0 bridgehead atoms. The van der Waals surface area contributed by atoms with E-state index < -0.39 is 0 Å². The van der Waals surface area contributed by atoms with Gasteiger partial charge in [-0.3, -0.25) is 4.99 Å². The molecule has 3 heteroatoms. The molecule has 1 N–H and O–H groups in total. The van der Waals surface area contributed by atoms with Gasteiger partial charge < -0.3 is 10.0 Å². The third kappa shape index (κ3) is 2.08. The first-order chi connectivity index (χ1) is 5.77. The fraction of sp³-hybridized carbons (Fsp3) is 0.667. The van der Waals surface area contributed by atoms with Crippen molar-refractivity contribution < 1.29 is 5.11 Å². The van der Waals surface area contributed by atoms with E-state index in [0.29, 0.717) is 12.0 Å². The first-order valence-corrected chi connectivity index (χ1v) is 4.21. The van der Waals surface area contributed by atoms with Gasteiger partial charge in [-0.25, -0.2) is 0 Å². The zero-order chi connectivity index (χ0) is 8.97. The van der Waals surface area contributed by atoms with E-state index in [-0.39, 0.29) is 6.61 Å². The van der Waals surface area contributed by atoms with Gasteiger partial charge in [0.2, 0.25) is 0 Å². The van der Waals surface area contributed by atoms with Crippen molar-refractivity contribution >= 4 is 6.34 Å². The third-order valence-corrected chi connectivity index (χ3v) is 2.20. The molecule has 3 nitrogen and oxygen atoms in total. The lowest BCUT2D eigenvalue weighted by molar-refractivity contribution is 0.239. The summed E-state index contributed by atoms with van der Waals surface area (Å²) in [4.78, 5) is 6.00. The summed E-state index contributed by atoms with van der Waals surface area (Å²) >= 11 is 0. The van der Waals surface area contributed by atoms with Crippen LogP contribution in [-0.2, 0) is 0 Å². The Kier molecular flexibility index (Phi) is 3.29. The predicted molar refractivity (Wildman–Crippen MR) is 50.3 cm³/mol. The molecule has 0 amide bonds. The summed E-state index contributed by atoms with van der Waals surface area (Å²) in [5.41, 5.74) is 0. The third-order valence-electron chi connectivity index (χ3n) is 2.20. The van der Waals surface area contributed by atoms with Crippen LogP contribution in [0.25, 0.3) is 0 Å². The molecule has 0 saturated carbocycles. The number of aliphatic imine (C=N–C) groups is 1. The molecule has 0 saturated heterocycles. The van der Waals surface area contributed by atoms with Gasteiger partial charge in [0.05, 0.1) is 6.34 Å². The normalized spacial score (nSPS) is 28.6. The number of rotatable bonds is 3. The van der Waals surface area contributed by atoms with Crippen molar-refractivity contribution in [3.63, 3.8) is 0 Å². The first kappa shape index (κ1) is 9.26. The summed E-state index contributed by atoms with van der Waals surface area (Å²) in [6, 6.07) is 0.408. The van der Waals surface area contributed by atoms with Gasteiger partial charge in [-0.2, -0.15) is 0 Å². The summed E-state index contributed by atoms with van der Waals surface area (Å²) in [5, 5.41) is 8.89. The lowest BCUT2D eigenvalue weighted by Crippen LogP contribution is -2.28. The van der Waals surface area contributed by atoms with Crippen molar-refractivity contribution in [2.24, 2.45) is 10.9 Å². The zero-order valence-electron chi connectivity index (χ0n) is 7.64. The zero-order valence-corrected chi connectivity index (χ0v) is 7.64. The molecular formula is C9H16N2O. The minimum Gasteiger partial charge on any atom is -0.396 e. The van der Waals surface area contributed by atoms with Crippen LogP contribution in [0.4, 0.5) is 0 Å². The number of hydrogen-bond acceptors (Lipinski definition) is 2. The molecule has 0 aromatic carbocycles. The van der Waals surface area contributed by atoms with Crippen molar-refractivity contribution in [1.82, 2.24) is 4.90 Å². The van der Waals surface area contributed by atoms with Crippen molar-refractivity contribution in [3.8, 4) is 0 Å². The maximum atomic E-state index is 8.89. The highest BCUT2D eigenvalue weighted by atomic mass is 16.3. The molecule has 0 fully saturated rings. The Morgan fingerprint density at radius 3 is 2.92 bits per heavy atom. The average molecular weight is 168 g/mol. The topological polar surface area (TPSA) is 35.8 Å². The molecule has 12 heavy (non-hydrogen) atoms. The van der Waals surface area contributed by atoms with Crippen LogP contribution in [0.5, 0.6) is 0 Å². The van der Waals surface area contributed by atoms with Crippen molar-refractivity contribution in [2.75, 3.05) is 20.7 Å². The Bertz CT molecular complexity index is 189. The van der Waals surface area contributed by atoms with Crippen LogP contribution in [-0.4, -0.2) is 43.1 Å². The number of hydrogen-bond donors (Lipinski definition) is 1. The van der Waals surface area contributed by atoms with E-state index >= 15 is 0 Å². The van der Waals surface area contributed by atoms with E-state index in [2.05, 4.69) is 22.0 Å². The van der Waals surface area contributed by atoms with Crippen LogP contribution >= 0.6 is 0 Å². The Morgan fingerprint density at radius 1 is 1.67 bits per heavy atom. The maximum Gasteiger partial charge on any atom is 0.0848 e. The molecular weight excluding hydrogens is 152 g/mol. The Hall–Kier alpha value is -0.830. The van der Waals surface area contributed by atoms with Gasteiger partial charge in [0, 0.05) is 32.7 Å². The first-order valence-electron chi connectivity index (χ1n) is 4.21. The van der Waals surface area contributed by atoms with E-state index in [0.717, 1.165) is 6.42 Å². The van der Waals surface area contributed by atoms with Crippen molar-refractivity contribution in [3.05, 3.63) is 12.2 Å². The van der Waals surface area contributed by atoms with Crippen molar-refractivity contribution in [2.45, 2.75) is 12.5 Å². The van der Waals surface area contributed by atoms with Gasteiger partial charge >= 0.3 is 0 Å². The van der Waals surface area contributed by atoms with Gasteiger partial charge in [0.25, 0.3) is 0 Å². The maximum absolute atomic E-state index is 8.89. The van der Waals surface area contributed by atoms with Crippen LogP contribution in [0.15, 0.2) is 17.1 Å². The molecule has 68 valence electrons. The highest BCUT2D eigenvalue weighted by molar-refractivity contribution is 5.55. The van der Waals surface area contributed by atoms with Crippen molar-refractivity contribution in [1.29, 1.82) is 0 Å². The summed E-state index contributed by atoms with van der Waals surface area (Å²) in [6.07, 6.45) is 7.01. The second-order valence-electron chi connectivity index (χ2n) is 3.17. The van der Waals surface area contributed by atoms with Gasteiger partial charge in [-0.1, -0.05) is 12.2 Å². The second-order valence-corrected chi connectivity index (χ2v) is 3.17. The van der Waals surface area contributed by atoms with Gasteiger partial charge in [-0.05, 0) is 6.42 Å². The number of likely N-dealkylation sites (N-methyl/N-ethyl adjacent to an activating group) is 1. The Morgan fingerprint density at radius 2 is 2.42 bits per heavy atom. The molecule has 0 aliphatic heterocycles. The molecule has 1 rings (SSSR count). The predicted octanol–water partition coefficient (Wildman–Crippen LogP) is 0.513. The van der Waals surface area contributed by atoms with Crippen LogP contribution in [0, 0.1) is 5.92 Å². The minimum atomic E-state index is 0.254. The number of aliphatic hydroxyl groups excluding tert-OH is 1. The highest BCUT2D eigenvalue weighted by Crippen LogP contribution is 2.19. The molecule has 0 heterocycles. The Labute approximate surface area is 73.4 Å². The standard InChI is InChI=1S/C9H16N2O/c1-10-7-11(2)9-4-3-8(5-9)6-12/h3-4,7-9,12H,5-6H2,1-2H3/b10-7-/t8-,9+/m1/s1. The fourth-order valence-corrected chi connectivity index (χ4v) is 1.46. The molecule has 0 radical (unpaired) electrons. The van der Waals surface area contributed by atoms with Gasteiger partial charge in [0.15, 0.2) is 0 Å². The van der Waals surface area contributed by atoms with E-state index in [1.54, 1.807) is 7.05 Å². The Balaban J connectivity index is 2.42. The highest BCUT2D eigenvalue weighted by Gasteiger charge is 2.19. The summed E-state index contributed by atoms with van der Waals surface area (Å²) in [5.74, 6) is 0.336. The van der Waals surface area contributed by atoms with Gasteiger partial charge in [-0.15, -0.1) is 0 Å². The summed E-state index contributed by atoms with van der Waals surface area (Å²) in [7, 11) is 3.76. The molecule has 0 spiro atoms. The lowest BCUT2D eigenvalue weighted by Gasteiger charge is -2.20. The summed E-state index contributed by atoms with van der Waals surface area (Å²) in [6.45, 7) is 0.254. The SMILES string of the molecule is C/N=C\N(C)[C@H]1C=C[C@@H](CO)C1. The van der Waals surface area contributed by atoms with E-state index in [4.69, 9.17) is 5.11 Å². The average Bonchev–Trinajstić information content (AvgIpc) is 2.52. The largest absolute Gasteiger partial charge is 0.396 e. The van der Waals surface area contributed by atoms with Crippen LogP contribution < -0.4 is 0 Å². The monoisotopic (exact) mass is 168 g/mol. The molecule has 0 aromatic rings. The van der Waals surface area contributed by atoms with Gasteiger partial charge in [0.1, 0.15) is 0 Å². The number of nitrogens with zero attached hydrogens (tertiary/aromatic N) is 2. The van der Waals surface area contributed by atoms with E-state index in [1.807, 2.05) is 13.4 Å². The minimum absolute atomic E-state index is 0.254. The second kappa shape index (κ2) is 4.26.